The van der Waals surface area contributed by atoms with Crippen LogP contribution in [-0.2, 0) is 11.3 Å². The number of ether oxygens (including phenoxy) is 1. The second kappa shape index (κ2) is 5.01. The fraction of sp³-hybridized carbons (Fsp3) is 0.273. The zero-order valence-corrected chi connectivity index (χ0v) is 10.2. The number of anilines is 1. The van der Waals surface area contributed by atoms with Crippen LogP contribution in [0.25, 0.3) is 0 Å². The predicted octanol–water partition coefficient (Wildman–Crippen LogP) is 1.75. The molecule has 0 aliphatic rings. The van der Waals surface area contributed by atoms with Gasteiger partial charge in [0, 0.05) is 4.88 Å². The van der Waals surface area contributed by atoms with Crippen molar-refractivity contribution in [2.75, 3.05) is 12.3 Å². The molecule has 2 rings (SSSR count). The molecule has 0 aliphatic carbocycles. The van der Waals surface area contributed by atoms with Crippen molar-refractivity contribution >= 4 is 23.1 Å². The van der Waals surface area contributed by atoms with E-state index in [1.54, 1.807) is 29.2 Å². The van der Waals surface area contributed by atoms with Gasteiger partial charge in [0.05, 0.1) is 19.5 Å². The molecule has 0 aromatic carbocycles. The summed E-state index contributed by atoms with van der Waals surface area (Å²) in [5.74, 6) is -0.133. The van der Waals surface area contributed by atoms with Crippen LogP contribution in [0, 0.1) is 0 Å². The van der Waals surface area contributed by atoms with E-state index in [2.05, 4.69) is 4.98 Å². The summed E-state index contributed by atoms with van der Waals surface area (Å²) in [4.78, 5) is 16.6. The first-order valence-corrected chi connectivity index (χ1v) is 6.10. The maximum Gasteiger partial charge on any atom is 0.360 e. The van der Waals surface area contributed by atoms with Crippen molar-refractivity contribution < 1.29 is 9.53 Å². The van der Waals surface area contributed by atoms with Crippen molar-refractivity contribution in [2.45, 2.75) is 13.5 Å². The van der Waals surface area contributed by atoms with E-state index in [0.717, 1.165) is 4.88 Å². The molecule has 0 saturated heterocycles. The number of imidazole rings is 1. The number of aromatic nitrogens is 2. The Morgan fingerprint density at radius 1 is 1.65 bits per heavy atom. The highest BCUT2D eigenvalue weighted by atomic mass is 32.1. The smallest absolute Gasteiger partial charge is 0.360 e. The summed E-state index contributed by atoms with van der Waals surface area (Å²) < 4.78 is 6.60. The van der Waals surface area contributed by atoms with Gasteiger partial charge in [0.1, 0.15) is 5.82 Å². The lowest BCUT2D eigenvalue weighted by atomic mass is 10.4. The first-order chi connectivity index (χ1) is 8.22. The first-order valence-electron chi connectivity index (χ1n) is 5.22. The number of nitrogens with two attached hydrogens (primary N) is 1. The van der Waals surface area contributed by atoms with E-state index in [1.807, 2.05) is 17.5 Å². The van der Waals surface area contributed by atoms with Gasteiger partial charge in [-0.05, 0) is 18.4 Å². The highest BCUT2D eigenvalue weighted by molar-refractivity contribution is 7.09. The van der Waals surface area contributed by atoms with Gasteiger partial charge in [-0.15, -0.1) is 11.3 Å². The maximum absolute atomic E-state index is 11.5. The Hall–Kier alpha value is -1.82. The van der Waals surface area contributed by atoms with E-state index in [4.69, 9.17) is 10.5 Å². The molecule has 0 amide bonds. The van der Waals surface area contributed by atoms with Gasteiger partial charge in [-0.1, -0.05) is 6.07 Å². The molecule has 2 aromatic heterocycles. The summed E-state index contributed by atoms with van der Waals surface area (Å²) >= 11 is 1.63. The SMILES string of the molecule is CCOC(=O)c1ncn(Cc2cccs2)c1N. The molecular formula is C11H13N3O2S. The van der Waals surface area contributed by atoms with E-state index in [-0.39, 0.29) is 5.69 Å². The van der Waals surface area contributed by atoms with Crippen LogP contribution in [0.4, 0.5) is 5.82 Å². The van der Waals surface area contributed by atoms with Gasteiger partial charge in [-0.25, -0.2) is 9.78 Å². The lowest BCUT2D eigenvalue weighted by molar-refractivity contribution is 0.0521. The molecule has 2 N–H and O–H groups in total. The number of hydrogen-bond donors (Lipinski definition) is 1. The fourth-order valence-electron chi connectivity index (χ4n) is 1.44. The number of thiophene rings is 1. The molecule has 90 valence electrons. The van der Waals surface area contributed by atoms with E-state index in [0.29, 0.717) is 19.0 Å². The quantitative estimate of drug-likeness (QED) is 0.840. The van der Waals surface area contributed by atoms with Crippen LogP contribution < -0.4 is 5.73 Å². The molecule has 0 atom stereocenters. The van der Waals surface area contributed by atoms with Gasteiger partial charge in [0.25, 0.3) is 0 Å². The molecule has 0 radical (unpaired) electrons. The van der Waals surface area contributed by atoms with Crippen molar-refractivity contribution in [3.63, 3.8) is 0 Å². The average molecular weight is 251 g/mol. The largest absolute Gasteiger partial charge is 0.461 e. The maximum atomic E-state index is 11.5. The Kier molecular flexibility index (Phi) is 3.43. The normalized spacial score (nSPS) is 10.4. The Balaban J connectivity index is 2.18. The van der Waals surface area contributed by atoms with Crippen molar-refractivity contribution in [1.29, 1.82) is 0 Å². The van der Waals surface area contributed by atoms with Gasteiger partial charge < -0.3 is 15.0 Å². The van der Waals surface area contributed by atoms with Gasteiger partial charge in [0.15, 0.2) is 5.69 Å². The van der Waals surface area contributed by atoms with E-state index >= 15 is 0 Å². The van der Waals surface area contributed by atoms with Crippen LogP contribution in [0.1, 0.15) is 22.3 Å². The van der Waals surface area contributed by atoms with Crippen LogP contribution in [0.15, 0.2) is 23.8 Å². The summed E-state index contributed by atoms with van der Waals surface area (Å²) in [6.07, 6.45) is 1.56. The molecule has 5 nitrogen and oxygen atoms in total. The fourth-order valence-corrected chi connectivity index (χ4v) is 2.15. The molecule has 0 fully saturated rings. The topological polar surface area (TPSA) is 70.1 Å². The molecule has 0 aliphatic heterocycles. The Labute approximate surface area is 103 Å². The molecule has 0 bridgehead atoms. The van der Waals surface area contributed by atoms with Crippen LogP contribution >= 0.6 is 11.3 Å². The minimum Gasteiger partial charge on any atom is -0.461 e. The molecule has 2 heterocycles. The predicted molar refractivity (Wildman–Crippen MR) is 66.0 cm³/mol. The molecule has 0 saturated carbocycles. The monoisotopic (exact) mass is 251 g/mol. The second-order valence-electron chi connectivity index (χ2n) is 3.41. The number of carbonyl (C=O) groups excluding carboxylic acids is 1. The highest BCUT2D eigenvalue weighted by Gasteiger charge is 2.16. The van der Waals surface area contributed by atoms with Crippen LogP contribution in [0.5, 0.6) is 0 Å². The second-order valence-corrected chi connectivity index (χ2v) is 4.44. The third-order valence-electron chi connectivity index (χ3n) is 2.25. The summed E-state index contributed by atoms with van der Waals surface area (Å²) in [5.41, 5.74) is 6.04. The standard InChI is InChI=1S/C11H13N3O2S/c1-2-16-11(15)9-10(12)14(7-13-9)6-8-4-3-5-17-8/h3-5,7H,2,6,12H2,1H3. The summed E-state index contributed by atoms with van der Waals surface area (Å²) in [7, 11) is 0. The summed E-state index contributed by atoms with van der Waals surface area (Å²) in [6, 6.07) is 3.98. The molecule has 17 heavy (non-hydrogen) atoms. The van der Waals surface area contributed by atoms with Crippen LogP contribution in [0.3, 0.4) is 0 Å². The molecular weight excluding hydrogens is 238 g/mol. The third-order valence-corrected chi connectivity index (χ3v) is 3.11. The Morgan fingerprint density at radius 2 is 2.47 bits per heavy atom. The minimum atomic E-state index is -0.477. The van der Waals surface area contributed by atoms with Crippen LogP contribution in [0.2, 0.25) is 0 Å². The number of nitrogens with zero attached hydrogens (tertiary/aromatic N) is 2. The van der Waals surface area contributed by atoms with Crippen molar-refractivity contribution in [3.8, 4) is 0 Å². The highest BCUT2D eigenvalue weighted by Crippen LogP contribution is 2.16. The Bertz CT molecular complexity index is 505. The van der Waals surface area contributed by atoms with Gasteiger partial charge in [0.2, 0.25) is 0 Å². The number of carbonyl (C=O) groups is 1. The molecule has 2 aromatic rings. The van der Waals surface area contributed by atoms with E-state index in [9.17, 15) is 4.79 Å². The molecule has 0 unspecified atom stereocenters. The number of nitrogen functional groups attached to an aromatic ring is 1. The van der Waals surface area contributed by atoms with Crippen molar-refractivity contribution in [3.05, 3.63) is 34.4 Å². The van der Waals surface area contributed by atoms with Crippen LogP contribution in [-0.4, -0.2) is 22.1 Å². The van der Waals surface area contributed by atoms with E-state index in [1.165, 1.54) is 0 Å². The number of hydrogen-bond acceptors (Lipinski definition) is 5. The van der Waals surface area contributed by atoms with Crippen molar-refractivity contribution in [2.24, 2.45) is 0 Å². The molecule has 0 spiro atoms. The van der Waals surface area contributed by atoms with Gasteiger partial charge >= 0.3 is 5.97 Å². The summed E-state index contributed by atoms with van der Waals surface area (Å²) in [6.45, 7) is 2.68. The molecule has 6 heteroatoms. The van der Waals surface area contributed by atoms with E-state index < -0.39 is 5.97 Å². The Morgan fingerprint density at radius 3 is 3.12 bits per heavy atom. The number of esters is 1. The zero-order valence-electron chi connectivity index (χ0n) is 9.42. The average Bonchev–Trinajstić information content (AvgIpc) is 2.91. The summed E-state index contributed by atoms with van der Waals surface area (Å²) in [5, 5.41) is 1.99. The van der Waals surface area contributed by atoms with Gasteiger partial charge in [-0.2, -0.15) is 0 Å². The van der Waals surface area contributed by atoms with Gasteiger partial charge in [-0.3, -0.25) is 0 Å². The lowest BCUT2D eigenvalue weighted by Gasteiger charge is -2.03. The zero-order chi connectivity index (χ0) is 12.3. The van der Waals surface area contributed by atoms with Crippen molar-refractivity contribution in [1.82, 2.24) is 9.55 Å². The third kappa shape index (κ3) is 2.47. The number of rotatable bonds is 4. The minimum absolute atomic E-state index is 0.184. The lowest BCUT2D eigenvalue weighted by Crippen LogP contribution is -2.10. The first kappa shape index (κ1) is 11.7.